The van der Waals surface area contributed by atoms with Gasteiger partial charge in [-0.3, -0.25) is 9.59 Å². The number of hydrogen-bond donors (Lipinski definition) is 2. The summed E-state index contributed by atoms with van der Waals surface area (Å²) in [5.41, 5.74) is 5.78. The SMILES string of the molecule is CCOc1ccc(-c2cc(C(=O)NCCCNC(=O)c3cc(-c4ccc(OCC)cc4)nc4ccccc34)c3ccccc3n2)cc1. The van der Waals surface area contributed by atoms with Crippen LogP contribution in [-0.2, 0) is 0 Å². The number of carbonyl (C=O) groups is 2. The van der Waals surface area contributed by atoms with Crippen molar-refractivity contribution in [2.45, 2.75) is 20.3 Å². The Labute approximate surface area is 273 Å². The van der Waals surface area contributed by atoms with Gasteiger partial charge in [0, 0.05) is 35.0 Å². The van der Waals surface area contributed by atoms with Crippen LogP contribution in [0.5, 0.6) is 11.5 Å². The van der Waals surface area contributed by atoms with Gasteiger partial charge in [0.1, 0.15) is 11.5 Å². The first kappa shape index (κ1) is 31.2. The van der Waals surface area contributed by atoms with Crippen LogP contribution in [0.25, 0.3) is 44.3 Å². The van der Waals surface area contributed by atoms with E-state index in [0.717, 1.165) is 44.4 Å². The number of aromatic nitrogens is 2. The van der Waals surface area contributed by atoms with Crippen molar-refractivity contribution in [1.29, 1.82) is 0 Å². The lowest BCUT2D eigenvalue weighted by Gasteiger charge is -2.12. The highest BCUT2D eigenvalue weighted by Gasteiger charge is 2.16. The van der Waals surface area contributed by atoms with E-state index in [2.05, 4.69) is 10.6 Å². The molecule has 0 radical (unpaired) electrons. The molecule has 2 N–H and O–H groups in total. The molecular weight excluding hydrogens is 588 g/mol. The number of hydrogen-bond acceptors (Lipinski definition) is 6. The minimum Gasteiger partial charge on any atom is -0.494 e. The predicted molar refractivity (Wildman–Crippen MR) is 186 cm³/mol. The lowest BCUT2D eigenvalue weighted by molar-refractivity contribution is 0.0953. The molecule has 8 heteroatoms. The number of carbonyl (C=O) groups excluding carboxylic acids is 2. The Hall–Kier alpha value is -5.76. The zero-order valence-electron chi connectivity index (χ0n) is 26.5. The van der Waals surface area contributed by atoms with Crippen molar-refractivity contribution in [3.8, 4) is 34.0 Å². The predicted octanol–water partition coefficient (Wildman–Crippen LogP) is 7.46. The minimum atomic E-state index is -0.192. The van der Waals surface area contributed by atoms with Gasteiger partial charge in [-0.2, -0.15) is 0 Å². The van der Waals surface area contributed by atoms with Gasteiger partial charge in [0.05, 0.1) is 46.8 Å². The summed E-state index contributed by atoms with van der Waals surface area (Å²) >= 11 is 0. The first-order valence-electron chi connectivity index (χ1n) is 15.9. The molecule has 0 aliphatic rings. The summed E-state index contributed by atoms with van der Waals surface area (Å²) < 4.78 is 11.1. The molecule has 6 aromatic rings. The van der Waals surface area contributed by atoms with E-state index in [9.17, 15) is 9.59 Å². The van der Waals surface area contributed by atoms with Gasteiger partial charge in [-0.15, -0.1) is 0 Å². The maximum atomic E-state index is 13.4. The third kappa shape index (κ3) is 7.23. The van der Waals surface area contributed by atoms with Crippen LogP contribution in [0.2, 0.25) is 0 Å². The molecule has 6 rings (SSSR count). The summed E-state index contributed by atoms with van der Waals surface area (Å²) in [5.74, 6) is 1.18. The van der Waals surface area contributed by atoms with Crippen LogP contribution >= 0.6 is 0 Å². The third-order valence-electron chi connectivity index (χ3n) is 7.77. The molecule has 0 saturated heterocycles. The van der Waals surface area contributed by atoms with Gasteiger partial charge < -0.3 is 20.1 Å². The van der Waals surface area contributed by atoms with Crippen LogP contribution in [0.15, 0.2) is 109 Å². The zero-order valence-corrected chi connectivity index (χ0v) is 26.5. The van der Waals surface area contributed by atoms with Crippen molar-refractivity contribution >= 4 is 33.6 Å². The van der Waals surface area contributed by atoms with E-state index in [4.69, 9.17) is 19.4 Å². The molecule has 2 heterocycles. The Kier molecular flexibility index (Phi) is 9.67. The summed E-state index contributed by atoms with van der Waals surface area (Å²) in [6.07, 6.45) is 0.557. The Morgan fingerprint density at radius 3 is 1.38 bits per heavy atom. The Morgan fingerprint density at radius 2 is 0.979 bits per heavy atom. The second-order valence-corrected chi connectivity index (χ2v) is 10.9. The largest absolute Gasteiger partial charge is 0.494 e. The summed E-state index contributed by atoms with van der Waals surface area (Å²) in [4.78, 5) is 36.4. The van der Waals surface area contributed by atoms with E-state index in [1.807, 2.05) is 123 Å². The Bertz CT molecular complexity index is 1880. The van der Waals surface area contributed by atoms with E-state index in [-0.39, 0.29) is 11.8 Å². The normalized spacial score (nSPS) is 10.9. The van der Waals surface area contributed by atoms with Gasteiger partial charge in [0.25, 0.3) is 11.8 Å². The van der Waals surface area contributed by atoms with Crippen LogP contribution < -0.4 is 20.1 Å². The Balaban J connectivity index is 1.12. The summed E-state index contributed by atoms with van der Waals surface area (Å²) in [6, 6.07) is 34.3. The maximum absolute atomic E-state index is 13.4. The molecule has 0 saturated carbocycles. The van der Waals surface area contributed by atoms with Gasteiger partial charge in [0.15, 0.2) is 0 Å². The number of ether oxygens (including phenoxy) is 2. The second-order valence-electron chi connectivity index (χ2n) is 10.9. The van der Waals surface area contributed by atoms with Gasteiger partial charge in [-0.05, 0) is 93.1 Å². The lowest BCUT2D eigenvalue weighted by Crippen LogP contribution is -2.30. The first-order valence-corrected chi connectivity index (χ1v) is 15.9. The fraction of sp³-hybridized carbons (Fsp3) is 0.179. The average Bonchev–Trinajstić information content (AvgIpc) is 3.11. The van der Waals surface area contributed by atoms with E-state index in [0.29, 0.717) is 55.2 Å². The standard InChI is InChI=1S/C39H36N4O4/c1-3-46-28-18-14-26(15-19-28)36-24-32(30-10-5-7-12-34(30)42-36)38(44)40-22-9-23-41-39(45)33-25-37(43-35-13-8-6-11-31(33)35)27-16-20-29(21-17-27)47-4-2/h5-8,10-21,24-25H,3-4,9,22-23H2,1-2H3,(H,40,44)(H,41,45). The van der Waals surface area contributed by atoms with Crippen LogP contribution in [-0.4, -0.2) is 48.1 Å². The smallest absolute Gasteiger partial charge is 0.252 e. The molecule has 2 aromatic heterocycles. The molecule has 4 aromatic carbocycles. The molecule has 0 aliphatic carbocycles. The molecule has 0 spiro atoms. The molecule has 0 unspecified atom stereocenters. The summed E-state index contributed by atoms with van der Waals surface area (Å²) in [5, 5.41) is 7.61. The highest BCUT2D eigenvalue weighted by atomic mass is 16.5. The van der Waals surface area contributed by atoms with Crippen molar-refractivity contribution in [3.05, 3.63) is 120 Å². The Morgan fingerprint density at radius 1 is 0.574 bits per heavy atom. The van der Waals surface area contributed by atoms with Crippen LogP contribution in [0.1, 0.15) is 41.0 Å². The van der Waals surface area contributed by atoms with Crippen molar-refractivity contribution < 1.29 is 19.1 Å². The van der Waals surface area contributed by atoms with E-state index in [1.165, 1.54) is 0 Å². The van der Waals surface area contributed by atoms with Gasteiger partial charge >= 0.3 is 0 Å². The van der Waals surface area contributed by atoms with E-state index < -0.39 is 0 Å². The van der Waals surface area contributed by atoms with E-state index in [1.54, 1.807) is 0 Å². The quantitative estimate of drug-likeness (QED) is 0.137. The maximum Gasteiger partial charge on any atom is 0.252 e. The van der Waals surface area contributed by atoms with Crippen LogP contribution in [0.3, 0.4) is 0 Å². The molecule has 0 bridgehead atoms. The fourth-order valence-electron chi connectivity index (χ4n) is 5.48. The topological polar surface area (TPSA) is 102 Å². The highest BCUT2D eigenvalue weighted by Crippen LogP contribution is 2.28. The van der Waals surface area contributed by atoms with Crippen molar-refractivity contribution in [3.63, 3.8) is 0 Å². The number of pyridine rings is 2. The zero-order chi connectivity index (χ0) is 32.6. The number of amides is 2. The number of rotatable bonds is 12. The van der Waals surface area contributed by atoms with Gasteiger partial charge in [-0.1, -0.05) is 36.4 Å². The fourth-order valence-corrected chi connectivity index (χ4v) is 5.48. The molecule has 0 fully saturated rings. The number of nitrogens with zero attached hydrogens (tertiary/aromatic N) is 2. The average molecular weight is 625 g/mol. The highest BCUT2D eigenvalue weighted by molar-refractivity contribution is 6.08. The number of fused-ring (bicyclic) bond motifs is 2. The number of para-hydroxylation sites is 2. The first-order chi connectivity index (χ1) is 23.0. The summed E-state index contributed by atoms with van der Waals surface area (Å²) in [7, 11) is 0. The molecule has 8 nitrogen and oxygen atoms in total. The monoisotopic (exact) mass is 624 g/mol. The van der Waals surface area contributed by atoms with Crippen molar-refractivity contribution in [1.82, 2.24) is 20.6 Å². The van der Waals surface area contributed by atoms with E-state index >= 15 is 0 Å². The molecule has 0 atom stereocenters. The minimum absolute atomic E-state index is 0.192. The third-order valence-corrected chi connectivity index (χ3v) is 7.77. The van der Waals surface area contributed by atoms with Crippen molar-refractivity contribution in [2.75, 3.05) is 26.3 Å². The van der Waals surface area contributed by atoms with Gasteiger partial charge in [0.2, 0.25) is 0 Å². The summed E-state index contributed by atoms with van der Waals surface area (Å²) in [6.45, 7) is 5.86. The molecule has 0 aliphatic heterocycles. The molecule has 2 amide bonds. The van der Waals surface area contributed by atoms with Gasteiger partial charge in [-0.25, -0.2) is 9.97 Å². The number of benzene rings is 4. The molecular formula is C39H36N4O4. The second kappa shape index (κ2) is 14.6. The van der Waals surface area contributed by atoms with Crippen LogP contribution in [0, 0.1) is 0 Å². The van der Waals surface area contributed by atoms with Crippen LogP contribution in [0.4, 0.5) is 0 Å². The van der Waals surface area contributed by atoms with Crippen molar-refractivity contribution in [2.24, 2.45) is 0 Å². The number of nitrogens with one attached hydrogen (secondary N) is 2. The molecule has 47 heavy (non-hydrogen) atoms. The molecule has 236 valence electrons. The lowest BCUT2D eigenvalue weighted by atomic mass is 10.0.